The van der Waals surface area contributed by atoms with Crippen LogP contribution in [0.3, 0.4) is 0 Å². The molecule has 0 bridgehead atoms. The lowest BCUT2D eigenvalue weighted by Crippen LogP contribution is -2.05. The number of rotatable bonds is 3. The van der Waals surface area contributed by atoms with Crippen LogP contribution >= 0.6 is 15.9 Å². The van der Waals surface area contributed by atoms with Crippen LogP contribution in [0.15, 0.2) is 40.9 Å². The molecule has 0 spiro atoms. The summed E-state index contributed by atoms with van der Waals surface area (Å²) in [5.74, 6) is 0.528. The number of halogens is 2. The summed E-state index contributed by atoms with van der Waals surface area (Å²) in [5.41, 5.74) is 9.27. The molecule has 1 aliphatic rings. The summed E-state index contributed by atoms with van der Waals surface area (Å²) in [7, 11) is 0. The van der Waals surface area contributed by atoms with Crippen LogP contribution in [-0.4, -0.2) is 0 Å². The van der Waals surface area contributed by atoms with Crippen LogP contribution in [0, 0.1) is 5.82 Å². The van der Waals surface area contributed by atoms with E-state index in [1.165, 1.54) is 17.2 Å². The van der Waals surface area contributed by atoms with E-state index in [4.69, 9.17) is 10.5 Å². The van der Waals surface area contributed by atoms with Gasteiger partial charge >= 0.3 is 0 Å². The molecule has 0 fully saturated rings. The SMILES string of the molecule is N[C@@H]1CCc2cc(OCc3cccc(F)c3Br)ccc21. The van der Waals surface area contributed by atoms with Crippen molar-refractivity contribution in [2.45, 2.75) is 25.5 Å². The summed E-state index contributed by atoms with van der Waals surface area (Å²) in [6.45, 7) is 0.336. The highest BCUT2D eigenvalue weighted by atomic mass is 79.9. The Hall–Kier alpha value is -1.39. The second kappa shape index (κ2) is 5.54. The van der Waals surface area contributed by atoms with E-state index in [-0.39, 0.29) is 11.9 Å². The fourth-order valence-corrected chi connectivity index (χ4v) is 2.92. The quantitative estimate of drug-likeness (QED) is 0.915. The van der Waals surface area contributed by atoms with Gasteiger partial charge in [0.25, 0.3) is 0 Å². The van der Waals surface area contributed by atoms with Gasteiger partial charge in [-0.25, -0.2) is 4.39 Å². The van der Waals surface area contributed by atoms with Crippen molar-refractivity contribution in [2.75, 3.05) is 0 Å². The molecule has 0 radical (unpaired) electrons. The predicted octanol–water partition coefficient (Wildman–Crippen LogP) is 4.11. The molecule has 1 atom stereocenters. The van der Waals surface area contributed by atoms with E-state index in [1.54, 1.807) is 6.07 Å². The third kappa shape index (κ3) is 2.58. The van der Waals surface area contributed by atoms with E-state index in [2.05, 4.69) is 15.9 Å². The smallest absolute Gasteiger partial charge is 0.137 e. The Morgan fingerprint density at radius 2 is 2.15 bits per heavy atom. The molecule has 0 saturated carbocycles. The number of hydrogen-bond donors (Lipinski definition) is 1. The molecule has 0 aromatic heterocycles. The van der Waals surface area contributed by atoms with Crippen molar-refractivity contribution in [1.82, 2.24) is 0 Å². The summed E-state index contributed by atoms with van der Waals surface area (Å²) in [4.78, 5) is 0. The molecule has 0 saturated heterocycles. The Morgan fingerprint density at radius 3 is 3.00 bits per heavy atom. The molecule has 2 aromatic rings. The number of hydrogen-bond acceptors (Lipinski definition) is 2. The maximum atomic E-state index is 13.4. The summed E-state index contributed by atoms with van der Waals surface area (Å²) in [6.07, 6.45) is 1.99. The van der Waals surface area contributed by atoms with Crippen molar-refractivity contribution in [1.29, 1.82) is 0 Å². The zero-order valence-corrected chi connectivity index (χ0v) is 12.5. The van der Waals surface area contributed by atoms with Gasteiger partial charge in [0.1, 0.15) is 18.2 Å². The van der Waals surface area contributed by atoms with Gasteiger partial charge in [0.2, 0.25) is 0 Å². The van der Waals surface area contributed by atoms with Gasteiger partial charge in [0, 0.05) is 11.6 Å². The molecule has 2 aromatic carbocycles. The molecule has 3 rings (SSSR count). The Kier molecular flexibility index (Phi) is 3.76. The number of benzene rings is 2. The first kappa shape index (κ1) is 13.6. The van der Waals surface area contributed by atoms with Crippen molar-refractivity contribution in [3.63, 3.8) is 0 Å². The molecule has 1 aliphatic carbocycles. The summed E-state index contributed by atoms with van der Waals surface area (Å²) in [6, 6.07) is 11.1. The van der Waals surface area contributed by atoms with E-state index in [1.807, 2.05) is 24.3 Å². The van der Waals surface area contributed by atoms with Crippen LogP contribution in [0.25, 0.3) is 0 Å². The van der Waals surface area contributed by atoms with E-state index in [0.29, 0.717) is 11.1 Å². The molecule has 0 aliphatic heterocycles. The maximum Gasteiger partial charge on any atom is 0.137 e. The van der Waals surface area contributed by atoms with Gasteiger partial charge < -0.3 is 10.5 Å². The molecular formula is C16H15BrFNO. The monoisotopic (exact) mass is 335 g/mol. The lowest BCUT2D eigenvalue weighted by Gasteiger charge is -2.10. The topological polar surface area (TPSA) is 35.2 Å². The fraction of sp³-hybridized carbons (Fsp3) is 0.250. The van der Waals surface area contributed by atoms with Gasteiger partial charge in [-0.05, 0) is 58.1 Å². The Bertz CT molecular complexity index is 644. The molecule has 0 heterocycles. The normalized spacial score (nSPS) is 17.1. The van der Waals surface area contributed by atoms with E-state index < -0.39 is 0 Å². The van der Waals surface area contributed by atoms with Crippen molar-refractivity contribution < 1.29 is 9.13 Å². The van der Waals surface area contributed by atoms with Gasteiger partial charge in [-0.2, -0.15) is 0 Å². The maximum absolute atomic E-state index is 13.4. The highest BCUT2D eigenvalue weighted by Crippen LogP contribution is 2.32. The zero-order valence-electron chi connectivity index (χ0n) is 10.9. The van der Waals surface area contributed by atoms with E-state index in [9.17, 15) is 4.39 Å². The minimum Gasteiger partial charge on any atom is -0.489 e. The van der Waals surface area contributed by atoms with Gasteiger partial charge in [-0.3, -0.25) is 0 Å². The second-order valence-corrected chi connectivity index (χ2v) is 5.80. The van der Waals surface area contributed by atoms with Crippen LogP contribution in [0.5, 0.6) is 5.75 Å². The largest absolute Gasteiger partial charge is 0.489 e. The van der Waals surface area contributed by atoms with E-state index >= 15 is 0 Å². The van der Waals surface area contributed by atoms with Gasteiger partial charge in [-0.1, -0.05) is 18.2 Å². The molecular weight excluding hydrogens is 321 g/mol. The first-order chi connectivity index (χ1) is 9.65. The molecule has 0 unspecified atom stereocenters. The van der Waals surface area contributed by atoms with Crippen molar-refractivity contribution in [3.8, 4) is 5.75 Å². The standard InChI is InChI=1S/C16H15BrFNO/c17-16-11(2-1-3-14(16)18)9-20-12-5-6-13-10(8-12)4-7-15(13)19/h1-3,5-6,8,15H,4,7,9,19H2/t15-/m1/s1. The Balaban J connectivity index is 1.74. The third-order valence-electron chi connectivity index (χ3n) is 3.66. The molecule has 2 nitrogen and oxygen atoms in total. The zero-order chi connectivity index (χ0) is 14.1. The first-order valence-electron chi connectivity index (χ1n) is 6.59. The summed E-state index contributed by atoms with van der Waals surface area (Å²) >= 11 is 3.24. The number of fused-ring (bicyclic) bond motifs is 1. The first-order valence-corrected chi connectivity index (χ1v) is 7.38. The minimum atomic E-state index is -0.272. The highest BCUT2D eigenvalue weighted by Gasteiger charge is 2.19. The van der Waals surface area contributed by atoms with Crippen molar-refractivity contribution >= 4 is 15.9 Å². The van der Waals surface area contributed by atoms with E-state index in [0.717, 1.165) is 24.2 Å². The second-order valence-electron chi connectivity index (χ2n) is 5.01. The molecule has 20 heavy (non-hydrogen) atoms. The summed E-state index contributed by atoms with van der Waals surface area (Å²) < 4.78 is 19.6. The van der Waals surface area contributed by atoms with Crippen LogP contribution in [0.1, 0.15) is 29.2 Å². The van der Waals surface area contributed by atoms with Gasteiger partial charge in [0.15, 0.2) is 0 Å². The Morgan fingerprint density at radius 1 is 1.30 bits per heavy atom. The van der Waals surface area contributed by atoms with Gasteiger partial charge in [0.05, 0.1) is 4.47 Å². The Labute approximate surface area is 125 Å². The number of nitrogens with two attached hydrogens (primary N) is 1. The summed E-state index contributed by atoms with van der Waals surface area (Å²) in [5, 5.41) is 0. The molecule has 4 heteroatoms. The molecule has 0 amide bonds. The minimum absolute atomic E-state index is 0.149. The van der Waals surface area contributed by atoms with Crippen molar-refractivity contribution in [2.24, 2.45) is 5.73 Å². The highest BCUT2D eigenvalue weighted by molar-refractivity contribution is 9.10. The predicted molar refractivity (Wildman–Crippen MR) is 80.1 cm³/mol. The average molecular weight is 336 g/mol. The lowest BCUT2D eigenvalue weighted by molar-refractivity contribution is 0.304. The van der Waals surface area contributed by atoms with Gasteiger partial charge in [-0.15, -0.1) is 0 Å². The molecule has 104 valence electrons. The lowest BCUT2D eigenvalue weighted by atomic mass is 10.1. The van der Waals surface area contributed by atoms with Crippen LogP contribution in [0.4, 0.5) is 4.39 Å². The van der Waals surface area contributed by atoms with Crippen LogP contribution in [-0.2, 0) is 13.0 Å². The third-order valence-corrected chi connectivity index (χ3v) is 4.55. The van der Waals surface area contributed by atoms with Crippen LogP contribution < -0.4 is 10.5 Å². The number of ether oxygens (including phenoxy) is 1. The van der Waals surface area contributed by atoms with Crippen molar-refractivity contribution in [3.05, 3.63) is 63.4 Å². The number of aryl methyl sites for hydroxylation is 1. The fourth-order valence-electron chi connectivity index (χ4n) is 2.54. The van der Waals surface area contributed by atoms with Crippen LogP contribution in [0.2, 0.25) is 0 Å². The molecule has 2 N–H and O–H groups in total. The average Bonchev–Trinajstić information content (AvgIpc) is 2.82.